The summed E-state index contributed by atoms with van der Waals surface area (Å²) < 4.78 is 1.36. The number of hydrogen-bond acceptors (Lipinski definition) is 5. The lowest BCUT2D eigenvalue weighted by molar-refractivity contribution is -0.734. The maximum absolute atomic E-state index is 11.8. The summed E-state index contributed by atoms with van der Waals surface area (Å²) in [6, 6.07) is 4.94. The average molecular weight is 306 g/mol. The zero-order chi connectivity index (χ0) is 16.1. The number of aryl methyl sites for hydroxylation is 2. The summed E-state index contributed by atoms with van der Waals surface area (Å²) in [6.07, 6.45) is 1.97. The number of aromatic nitrogens is 3. The van der Waals surface area contributed by atoms with Crippen molar-refractivity contribution in [1.29, 1.82) is 0 Å². The van der Waals surface area contributed by atoms with Gasteiger partial charge in [0, 0.05) is 11.5 Å². The second kappa shape index (κ2) is 6.66. The summed E-state index contributed by atoms with van der Waals surface area (Å²) in [4.78, 5) is 25.5. The molecule has 22 heavy (non-hydrogen) atoms. The van der Waals surface area contributed by atoms with Gasteiger partial charge in [-0.3, -0.25) is 4.79 Å². The van der Waals surface area contributed by atoms with E-state index in [1.54, 1.807) is 12.1 Å². The van der Waals surface area contributed by atoms with Crippen LogP contribution in [0.2, 0.25) is 0 Å². The molecule has 0 unspecified atom stereocenters. The third kappa shape index (κ3) is 4.01. The number of nitrogens with one attached hydrogen (secondary N) is 1. The number of aromatic hydroxyl groups is 1. The normalized spacial score (nSPS) is 10.4. The Balaban J connectivity index is 1.82. The Hall–Kier alpha value is -2.97. The Bertz CT molecular complexity index is 697. The van der Waals surface area contributed by atoms with Crippen molar-refractivity contribution in [3.63, 3.8) is 0 Å². The number of phenolic OH excluding ortho intramolecular Hbond substituents is 1. The van der Waals surface area contributed by atoms with E-state index >= 15 is 0 Å². The molecule has 0 aliphatic heterocycles. The highest BCUT2D eigenvalue weighted by atomic mass is 16.6. The van der Waals surface area contributed by atoms with Crippen LogP contribution in [0.1, 0.15) is 18.4 Å². The van der Waals surface area contributed by atoms with E-state index in [-0.39, 0.29) is 24.0 Å². The van der Waals surface area contributed by atoms with Crippen molar-refractivity contribution in [2.75, 3.05) is 5.32 Å². The van der Waals surface area contributed by atoms with Crippen LogP contribution in [0.4, 0.5) is 11.6 Å². The van der Waals surface area contributed by atoms with Crippen LogP contribution in [-0.2, 0) is 11.3 Å². The number of phenols is 1. The van der Waals surface area contributed by atoms with Crippen LogP contribution in [0.3, 0.4) is 0 Å². The maximum atomic E-state index is 11.8. The lowest BCUT2D eigenvalue weighted by Gasteiger charge is -2.07. The van der Waals surface area contributed by atoms with Gasteiger partial charge in [-0.1, -0.05) is 11.0 Å². The summed E-state index contributed by atoms with van der Waals surface area (Å²) in [6.45, 7) is 2.23. The molecule has 1 aromatic carbocycles. The largest absolute Gasteiger partial charge is 0.531 e. The van der Waals surface area contributed by atoms with Crippen LogP contribution >= 0.6 is 0 Å². The van der Waals surface area contributed by atoms with Gasteiger partial charge < -0.3 is 15.6 Å². The number of hydrogen-bond donors (Lipinski definition) is 3. The molecule has 2 rings (SSSR count). The zero-order valence-electron chi connectivity index (χ0n) is 11.9. The number of anilines is 1. The molecule has 3 N–H and O–H groups in total. The van der Waals surface area contributed by atoms with E-state index in [0.717, 1.165) is 5.56 Å². The molecule has 116 valence electrons. The number of benzene rings is 1. The van der Waals surface area contributed by atoms with Crippen LogP contribution in [0.5, 0.6) is 5.75 Å². The molecular weight excluding hydrogens is 290 g/mol. The van der Waals surface area contributed by atoms with Crippen molar-refractivity contribution in [2.24, 2.45) is 0 Å². The second-order valence-electron chi connectivity index (χ2n) is 4.75. The first-order valence-electron chi connectivity index (χ1n) is 6.61. The first-order valence-corrected chi connectivity index (χ1v) is 6.61. The first-order chi connectivity index (χ1) is 10.5. The minimum atomic E-state index is -0.427. The Morgan fingerprint density at radius 1 is 1.45 bits per heavy atom. The van der Waals surface area contributed by atoms with Crippen molar-refractivity contribution < 1.29 is 20.0 Å². The van der Waals surface area contributed by atoms with Gasteiger partial charge in [-0.05, 0) is 36.0 Å². The van der Waals surface area contributed by atoms with Gasteiger partial charge in [0.2, 0.25) is 12.2 Å². The van der Waals surface area contributed by atoms with E-state index in [2.05, 4.69) is 15.4 Å². The highest BCUT2D eigenvalue weighted by Crippen LogP contribution is 2.23. The van der Waals surface area contributed by atoms with Crippen LogP contribution in [-0.4, -0.2) is 35.9 Å². The summed E-state index contributed by atoms with van der Waals surface area (Å²) in [5, 5.41) is 24.6. The highest BCUT2D eigenvalue weighted by Gasteiger charge is 2.17. The topological polar surface area (TPSA) is 120 Å². The van der Waals surface area contributed by atoms with Gasteiger partial charge in [-0.15, -0.1) is 0 Å². The van der Waals surface area contributed by atoms with E-state index < -0.39 is 4.92 Å². The maximum Gasteiger partial charge on any atom is 0.531 e. The van der Waals surface area contributed by atoms with Gasteiger partial charge in [-0.25, -0.2) is 0 Å². The van der Waals surface area contributed by atoms with Crippen molar-refractivity contribution >= 4 is 17.5 Å². The van der Waals surface area contributed by atoms with Gasteiger partial charge in [0.1, 0.15) is 5.75 Å². The lowest BCUT2D eigenvalue weighted by atomic mass is 10.2. The van der Waals surface area contributed by atoms with Crippen molar-refractivity contribution in [3.8, 4) is 5.75 Å². The number of carbonyl (C=O) groups is 1. The molecule has 1 amide bonds. The molecular formula is C13H16N5O4+. The third-order valence-electron chi connectivity index (χ3n) is 2.91. The molecule has 0 saturated carbocycles. The molecule has 0 saturated heterocycles. The quantitative estimate of drug-likeness (QED) is 0.549. The molecule has 0 aliphatic rings. The van der Waals surface area contributed by atoms with Gasteiger partial charge in [0.15, 0.2) is 4.92 Å². The van der Waals surface area contributed by atoms with Crippen molar-refractivity contribution in [2.45, 2.75) is 26.3 Å². The van der Waals surface area contributed by atoms with E-state index in [4.69, 9.17) is 5.21 Å². The van der Waals surface area contributed by atoms with E-state index in [1.165, 1.54) is 17.1 Å². The molecule has 0 aliphatic carbocycles. The molecule has 1 aromatic heterocycles. The summed E-state index contributed by atoms with van der Waals surface area (Å²) in [5.74, 6) is -0.582. The minimum Gasteiger partial charge on any atom is -0.506 e. The molecule has 2 aromatic rings. The van der Waals surface area contributed by atoms with Gasteiger partial charge in [-0.2, -0.15) is 4.68 Å². The van der Waals surface area contributed by atoms with Crippen LogP contribution in [0.15, 0.2) is 24.5 Å². The fourth-order valence-electron chi connectivity index (χ4n) is 1.84. The van der Waals surface area contributed by atoms with Gasteiger partial charge in [0.05, 0.1) is 12.2 Å². The van der Waals surface area contributed by atoms with Gasteiger partial charge in [0.25, 0.3) is 0 Å². The van der Waals surface area contributed by atoms with E-state index in [0.29, 0.717) is 18.7 Å². The van der Waals surface area contributed by atoms with Crippen LogP contribution in [0, 0.1) is 11.8 Å². The summed E-state index contributed by atoms with van der Waals surface area (Å²) >= 11 is 0. The molecule has 0 bridgehead atoms. The Kier molecular flexibility index (Phi) is 4.66. The first kappa shape index (κ1) is 15.4. The molecule has 0 fully saturated rings. The summed E-state index contributed by atoms with van der Waals surface area (Å²) in [5.41, 5.74) is 1.30. The monoisotopic (exact) mass is 306 g/mol. The number of nitrogens with zero attached hydrogens (tertiary/aromatic N) is 4. The lowest BCUT2D eigenvalue weighted by Crippen LogP contribution is -2.13. The van der Waals surface area contributed by atoms with E-state index in [9.17, 15) is 14.8 Å². The van der Waals surface area contributed by atoms with Crippen LogP contribution in [0.25, 0.3) is 0 Å². The summed E-state index contributed by atoms with van der Waals surface area (Å²) in [7, 11) is 0. The molecule has 0 spiro atoms. The van der Waals surface area contributed by atoms with E-state index in [1.807, 2.05) is 6.92 Å². The fraction of sp³-hybridized carbons (Fsp3) is 0.308. The standard InChI is InChI=1S/C13H15N5O4/c1-9-4-5-11(19)10(7-9)15-12(20)3-2-6-17-8-14-13(16-17)18(21)22/h4-5,7-8H,2-3,6H2,1H3,(H2-,15,19,20,21,22)/p+1. The second-order valence-corrected chi connectivity index (χ2v) is 4.75. The predicted molar refractivity (Wildman–Crippen MR) is 75.8 cm³/mol. The molecule has 0 atom stereocenters. The number of carbonyl (C=O) groups excluding carboxylic acids is 1. The molecule has 1 heterocycles. The molecule has 9 nitrogen and oxygen atoms in total. The highest BCUT2D eigenvalue weighted by molar-refractivity contribution is 5.92. The number of amides is 1. The molecule has 0 radical (unpaired) electrons. The minimum absolute atomic E-state index is 0.0124. The Morgan fingerprint density at radius 2 is 2.23 bits per heavy atom. The molecule has 9 heteroatoms. The van der Waals surface area contributed by atoms with Gasteiger partial charge >= 0.3 is 5.95 Å². The zero-order valence-corrected chi connectivity index (χ0v) is 11.9. The van der Waals surface area contributed by atoms with Crippen molar-refractivity contribution in [3.05, 3.63) is 35.0 Å². The average Bonchev–Trinajstić information content (AvgIpc) is 2.92. The number of rotatable bonds is 6. The van der Waals surface area contributed by atoms with Crippen molar-refractivity contribution in [1.82, 2.24) is 14.8 Å². The van der Waals surface area contributed by atoms with Crippen LogP contribution < -0.4 is 5.32 Å². The third-order valence-corrected chi connectivity index (χ3v) is 2.91. The SMILES string of the molecule is Cc1ccc(O)c(NC(=O)CCCn2cnc([N+](=O)O)n2)c1. The predicted octanol–water partition coefficient (Wildman–Crippen LogP) is 1.51. The fourth-order valence-corrected chi connectivity index (χ4v) is 1.84. The Morgan fingerprint density at radius 3 is 2.91 bits per heavy atom. The smallest absolute Gasteiger partial charge is 0.506 e. The Labute approximate surface area is 125 Å².